The Morgan fingerprint density at radius 3 is 2.46 bits per heavy atom. The van der Waals surface area contributed by atoms with Gasteiger partial charge in [-0.2, -0.15) is 0 Å². The second-order valence-corrected chi connectivity index (χ2v) is 8.34. The molecule has 0 fully saturated rings. The quantitative estimate of drug-likeness (QED) is 0.682. The topological polar surface area (TPSA) is 102 Å². The van der Waals surface area contributed by atoms with Crippen molar-refractivity contribution in [3.05, 3.63) is 53.1 Å². The first-order valence-corrected chi connectivity index (χ1v) is 9.80. The third kappa shape index (κ3) is 5.22. The van der Waals surface area contributed by atoms with E-state index in [9.17, 15) is 18.0 Å². The summed E-state index contributed by atoms with van der Waals surface area (Å²) in [6.07, 6.45) is 0. The van der Waals surface area contributed by atoms with Crippen molar-refractivity contribution in [1.82, 2.24) is 4.31 Å². The highest BCUT2D eigenvalue weighted by molar-refractivity contribution is 7.89. The molecule has 0 radical (unpaired) electrons. The van der Waals surface area contributed by atoms with Gasteiger partial charge in [0.1, 0.15) is 10.6 Å². The summed E-state index contributed by atoms with van der Waals surface area (Å²) in [5.41, 5.74) is 0.425. The predicted molar refractivity (Wildman–Crippen MR) is 104 cm³/mol. The molecule has 0 aliphatic carbocycles. The van der Waals surface area contributed by atoms with Crippen molar-refractivity contribution in [2.45, 2.75) is 4.90 Å². The van der Waals surface area contributed by atoms with Crippen molar-refractivity contribution in [3.63, 3.8) is 0 Å². The first-order valence-electron chi connectivity index (χ1n) is 7.98. The standard InChI is InChI=1S/C18H19ClN2O6S/c1-21(2)28(24,25)16-9-12(7-8-15(16)26-3)18(23)27-11-17(22)20-14-6-4-5-13(19)10-14/h4-10H,11H2,1-3H3,(H,20,22). The van der Waals surface area contributed by atoms with Crippen molar-refractivity contribution in [2.24, 2.45) is 0 Å². The number of sulfonamides is 1. The average Bonchev–Trinajstić information content (AvgIpc) is 2.65. The van der Waals surface area contributed by atoms with Crippen molar-refractivity contribution in [2.75, 3.05) is 33.1 Å². The molecular weight excluding hydrogens is 408 g/mol. The van der Waals surface area contributed by atoms with E-state index in [1.54, 1.807) is 24.3 Å². The molecule has 0 spiro atoms. The molecule has 28 heavy (non-hydrogen) atoms. The van der Waals surface area contributed by atoms with E-state index >= 15 is 0 Å². The highest BCUT2D eigenvalue weighted by Crippen LogP contribution is 2.27. The zero-order chi connectivity index (χ0) is 20.9. The third-order valence-electron chi connectivity index (χ3n) is 3.60. The van der Waals surface area contributed by atoms with Gasteiger partial charge in [0.15, 0.2) is 6.61 Å². The molecule has 0 atom stereocenters. The fourth-order valence-corrected chi connectivity index (χ4v) is 3.44. The van der Waals surface area contributed by atoms with E-state index in [0.29, 0.717) is 10.7 Å². The number of ether oxygens (including phenoxy) is 2. The highest BCUT2D eigenvalue weighted by atomic mass is 35.5. The van der Waals surface area contributed by atoms with Gasteiger partial charge in [-0.25, -0.2) is 17.5 Å². The number of rotatable bonds is 7. The fourth-order valence-electron chi connectivity index (χ4n) is 2.18. The second-order valence-electron chi connectivity index (χ2n) is 5.79. The van der Waals surface area contributed by atoms with Gasteiger partial charge in [-0.1, -0.05) is 17.7 Å². The van der Waals surface area contributed by atoms with Crippen LogP contribution in [0.25, 0.3) is 0 Å². The number of anilines is 1. The number of amides is 1. The van der Waals surface area contributed by atoms with Crippen LogP contribution in [-0.4, -0.2) is 52.4 Å². The zero-order valence-corrected chi connectivity index (χ0v) is 17.0. The van der Waals surface area contributed by atoms with Gasteiger partial charge in [-0.3, -0.25) is 4.79 Å². The zero-order valence-electron chi connectivity index (χ0n) is 15.4. The van der Waals surface area contributed by atoms with Crippen LogP contribution >= 0.6 is 11.6 Å². The summed E-state index contributed by atoms with van der Waals surface area (Å²) < 4.78 is 35.8. The monoisotopic (exact) mass is 426 g/mol. The molecule has 1 N–H and O–H groups in total. The number of carbonyl (C=O) groups excluding carboxylic acids is 2. The lowest BCUT2D eigenvalue weighted by molar-refractivity contribution is -0.119. The Morgan fingerprint density at radius 2 is 1.86 bits per heavy atom. The maximum absolute atomic E-state index is 12.4. The molecule has 0 aromatic heterocycles. The van der Waals surface area contributed by atoms with Crippen molar-refractivity contribution >= 4 is 39.2 Å². The molecule has 2 aromatic rings. The second kappa shape index (κ2) is 9.05. The maximum atomic E-state index is 12.4. The third-order valence-corrected chi connectivity index (χ3v) is 5.67. The molecule has 1 amide bonds. The molecule has 0 unspecified atom stereocenters. The molecule has 8 nitrogen and oxygen atoms in total. The average molecular weight is 427 g/mol. The van der Waals surface area contributed by atoms with Crippen LogP contribution in [0.4, 0.5) is 5.69 Å². The molecule has 2 rings (SSSR count). The van der Waals surface area contributed by atoms with Crippen LogP contribution in [0.2, 0.25) is 5.02 Å². The summed E-state index contributed by atoms with van der Waals surface area (Å²) in [6.45, 7) is -0.548. The minimum Gasteiger partial charge on any atom is -0.495 e. The van der Waals surface area contributed by atoms with Gasteiger partial charge in [-0.05, 0) is 36.4 Å². The number of hydrogen-bond acceptors (Lipinski definition) is 6. The van der Waals surface area contributed by atoms with E-state index in [-0.39, 0.29) is 16.2 Å². The number of halogens is 1. The summed E-state index contributed by atoms with van der Waals surface area (Å²) in [6, 6.07) is 10.3. The van der Waals surface area contributed by atoms with Crippen LogP contribution in [0.15, 0.2) is 47.4 Å². The summed E-state index contributed by atoms with van der Waals surface area (Å²) in [5, 5.41) is 2.98. The smallest absolute Gasteiger partial charge is 0.338 e. The fraction of sp³-hybridized carbons (Fsp3) is 0.222. The van der Waals surface area contributed by atoms with Crippen molar-refractivity contribution < 1.29 is 27.5 Å². The molecule has 0 aliphatic heterocycles. The number of hydrogen-bond donors (Lipinski definition) is 1. The first kappa shape index (κ1) is 21.7. The molecule has 0 aliphatic rings. The largest absolute Gasteiger partial charge is 0.495 e. The first-order chi connectivity index (χ1) is 13.1. The molecule has 0 saturated heterocycles. The number of nitrogens with one attached hydrogen (secondary N) is 1. The Bertz CT molecular complexity index is 991. The Hall–Kier alpha value is -2.62. The van der Waals surface area contributed by atoms with Crippen LogP contribution in [0.1, 0.15) is 10.4 Å². The van der Waals surface area contributed by atoms with Gasteiger partial charge in [0.2, 0.25) is 10.0 Å². The lowest BCUT2D eigenvalue weighted by atomic mass is 10.2. The molecule has 2 aromatic carbocycles. The lowest BCUT2D eigenvalue weighted by Gasteiger charge is -2.15. The van der Waals surface area contributed by atoms with Crippen LogP contribution in [0.3, 0.4) is 0 Å². The summed E-state index contributed by atoms with van der Waals surface area (Å²) in [4.78, 5) is 24.0. The Kier molecular flexibility index (Phi) is 7.00. The maximum Gasteiger partial charge on any atom is 0.338 e. The SMILES string of the molecule is COc1ccc(C(=O)OCC(=O)Nc2cccc(Cl)c2)cc1S(=O)(=O)N(C)C. The molecular formula is C18H19ClN2O6S. The Morgan fingerprint density at radius 1 is 1.14 bits per heavy atom. The van der Waals surface area contributed by atoms with E-state index in [4.69, 9.17) is 21.1 Å². The molecule has 0 saturated carbocycles. The molecule has 0 bridgehead atoms. The van der Waals surface area contributed by atoms with E-state index in [1.165, 1.54) is 33.3 Å². The number of nitrogens with zero attached hydrogens (tertiary/aromatic N) is 1. The van der Waals surface area contributed by atoms with E-state index in [1.807, 2.05) is 0 Å². The van der Waals surface area contributed by atoms with E-state index in [2.05, 4.69) is 5.32 Å². The number of esters is 1. The number of benzene rings is 2. The van der Waals surface area contributed by atoms with Crippen molar-refractivity contribution in [1.29, 1.82) is 0 Å². The Balaban J connectivity index is 2.11. The van der Waals surface area contributed by atoms with Gasteiger partial charge in [0.25, 0.3) is 5.91 Å². The van der Waals surface area contributed by atoms with Gasteiger partial charge in [0, 0.05) is 24.8 Å². The normalized spacial score (nSPS) is 11.2. The molecule has 10 heteroatoms. The van der Waals surface area contributed by atoms with Crippen LogP contribution in [0.5, 0.6) is 5.75 Å². The summed E-state index contributed by atoms with van der Waals surface area (Å²) in [7, 11) is 0.201. The lowest BCUT2D eigenvalue weighted by Crippen LogP contribution is -2.24. The van der Waals surface area contributed by atoms with Crippen molar-refractivity contribution in [3.8, 4) is 5.75 Å². The van der Waals surface area contributed by atoms with Crippen LogP contribution < -0.4 is 10.1 Å². The summed E-state index contributed by atoms with van der Waals surface area (Å²) in [5.74, 6) is -1.33. The predicted octanol–water partition coefficient (Wildman–Crippen LogP) is 2.39. The van der Waals surface area contributed by atoms with E-state index in [0.717, 1.165) is 10.4 Å². The van der Waals surface area contributed by atoms with Gasteiger partial charge >= 0.3 is 5.97 Å². The minimum absolute atomic E-state index is 0.0308. The summed E-state index contributed by atoms with van der Waals surface area (Å²) >= 11 is 5.83. The minimum atomic E-state index is -3.84. The Labute approximate surface area is 168 Å². The molecule has 150 valence electrons. The number of methoxy groups -OCH3 is 1. The van der Waals surface area contributed by atoms with Gasteiger partial charge in [-0.15, -0.1) is 0 Å². The van der Waals surface area contributed by atoms with Crippen LogP contribution in [0, 0.1) is 0 Å². The van der Waals surface area contributed by atoms with Gasteiger partial charge in [0.05, 0.1) is 12.7 Å². The van der Waals surface area contributed by atoms with Crippen LogP contribution in [-0.2, 0) is 19.6 Å². The number of carbonyl (C=O) groups is 2. The highest BCUT2D eigenvalue weighted by Gasteiger charge is 2.24. The van der Waals surface area contributed by atoms with Gasteiger partial charge < -0.3 is 14.8 Å². The molecule has 0 heterocycles. The van der Waals surface area contributed by atoms with E-state index < -0.39 is 28.5 Å².